The second kappa shape index (κ2) is 23.0. The molecule has 1 aliphatic heterocycles. The van der Waals surface area contributed by atoms with Gasteiger partial charge in [0.05, 0.1) is 54.0 Å². The van der Waals surface area contributed by atoms with Gasteiger partial charge < -0.3 is 45.2 Å². The third-order valence-corrected chi connectivity index (χ3v) is 18.8. The molecule has 0 saturated heterocycles. The molecule has 0 spiro atoms. The predicted octanol–water partition coefficient (Wildman–Crippen LogP) is 21.4. The van der Waals surface area contributed by atoms with Gasteiger partial charge in [0.25, 0.3) is 0 Å². The van der Waals surface area contributed by atoms with Crippen LogP contribution in [0.5, 0.6) is 34.5 Å². The molecule has 0 aliphatic carbocycles. The molecule has 0 unspecified atom stereocenters. The summed E-state index contributed by atoms with van der Waals surface area (Å²) in [4.78, 5) is 0. The number of methoxy groups -OCH3 is 4. The Hall–Kier alpha value is -7.64. The van der Waals surface area contributed by atoms with Gasteiger partial charge in [0, 0.05) is 61.3 Å². The topological polar surface area (TPSA) is 108 Å². The van der Waals surface area contributed by atoms with E-state index in [9.17, 15) is 0 Å². The molecule has 8 aromatic carbocycles. The Morgan fingerprint density at radius 3 is 0.906 bits per heavy atom. The van der Waals surface area contributed by atoms with Crippen molar-refractivity contribution in [3.05, 3.63) is 167 Å². The van der Waals surface area contributed by atoms with E-state index in [4.69, 9.17) is 45.2 Å². The lowest BCUT2D eigenvalue weighted by molar-refractivity contribution is 0.252. The first-order valence-electron chi connectivity index (χ1n) is 29.3. The summed E-state index contributed by atoms with van der Waals surface area (Å²) >= 11 is 0. The van der Waals surface area contributed by atoms with Crippen LogP contribution in [0.15, 0.2) is 150 Å². The van der Waals surface area contributed by atoms with Crippen LogP contribution in [0.1, 0.15) is 123 Å². The number of hydrogen-bond acceptors (Lipinski definition) is 10. The zero-order valence-electron chi connectivity index (χ0n) is 52.2. The van der Waals surface area contributed by atoms with Crippen molar-refractivity contribution in [3.8, 4) is 67.9 Å². The highest BCUT2D eigenvalue weighted by atomic mass is 31.1. The third kappa shape index (κ3) is 11.7. The van der Waals surface area contributed by atoms with Crippen LogP contribution in [0.4, 0.5) is 0 Å². The number of ether oxygens (including phenoxy) is 6. The van der Waals surface area contributed by atoms with E-state index in [0.29, 0.717) is 32.0 Å². The third-order valence-electron chi connectivity index (χ3n) is 16.1. The van der Waals surface area contributed by atoms with Gasteiger partial charge in [0.15, 0.2) is 0 Å². The average Bonchev–Trinajstić information content (AvgIpc) is 3.45. The highest BCUT2D eigenvalue weighted by molar-refractivity contribution is 7.36. The van der Waals surface area contributed by atoms with E-state index in [1.807, 2.05) is 0 Å². The van der Waals surface area contributed by atoms with Gasteiger partial charge in [0.2, 0.25) is 16.0 Å². The van der Waals surface area contributed by atoms with Gasteiger partial charge in [-0.2, -0.15) is 0 Å². The molecule has 0 radical (unpaired) electrons. The average molecular weight is 1180 g/mol. The van der Waals surface area contributed by atoms with Crippen LogP contribution < -0.4 is 28.4 Å². The second-order valence-corrected chi connectivity index (χ2v) is 29.0. The summed E-state index contributed by atoms with van der Waals surface area (Å²) in [6.07, 6.45) is 1.36. The van der Waals surface area contributed by atoms with E-state index in [2.05, 4.69) is 217 Å². The Morgan fingerprint density at radius 1 is 0.365 bits per heavy atom. The molecule has 10 aromatic rings. The number of fused-ring (bicyclic) bond motifs is 9. The Kier molecular flexibility index (Phi) is 16.0. The van der Waals surface area contributed by atoms with Crippen LogP contribution >= 0.6 is 16.0 Å². The molecular weight excluding hydrogens is 1100 g/mol. The summed E-state index contributed by atoms with van der Waals surface area (Å²) in [6.45, 7) is 27.4. The minimum absolute atomic E-state index is 0.348. The number of benzene rings is 8. The van der Waals surface area contributed by atoms with Crippen LogP contribution in [0.3, 0.4) is 0 Å². The van der Waals surface area contributed by atoms with Crippen molar-refractivity contribution in [2.45, 2.75) is 123 Å². The molecule has 12 heteroatoms. The Bertz CT molecular complexity index is 3800. The highest BCUT2D eigenvalue weighted by Gasteiger charge is 2.32. The fourth-order valence-electron chi connectivity index (χ4n) is 11.7. The van der Waals surface area contributed by atoms with Gasteiger partial charge in [-0.3, -0.25) is 0 Å². The van der Waals surface area contributed by atoms with Crippen LogP contribution in [0, 0.1) is 0 Å². The summed E-state index contributed by atoms with van der Waals surface area (Å²) < 4.78 is 69.1. The van der Waals surface area contributed by atoms with E-state index in [0.717, 1.165) is 145 Å². The van der Waals surface area contributed by atoms with Crippen LogP contribution in [-0.4, -0.2) is 41.7 Å². The molecule has 3 heterocycles. The molecule has 85 heavy (non-hydrogen) atoms. The van der Waals surface area contributed by atoms with E-state index < -0.39 is 16.0 Å². The van der Waals surface area contributed by atoms with E-state index >= 15 is 0 Å². The first-order chi connectivity index (χ1) is 40.5. The van der Waals surface area contributed by atoms with Crippen LogP contribution in [0.2, 0.25) is 0 Å². The summed E-state index contributed by atoms with van der Waals surface area (Å²) in [5.74, 6) is 4.37. The van der Waals surface area contributed by atoms with Crippen molar-refractivity contribution in [3.63, 3.8) is 0 Å². The maximum Gasteiger partial charge on any atom is 0.221 e. The van der Waals surface area contributed by atoms with Gasteiger partial charge in [-0.15, -0.1) is 0 Å². The standard InChI is InChI=1S/C73H80O10P2/c1-70(2,3)58-38-46(74-13)34-52-53-35-47(75-14)39-59(71(4,5)6)67(53)81-84(80-66(52)58)42-56-50(44-24-19-17-20-25-44)28-30-62-64(56)65-57(51(45-26-21-18-22-27-45)29-31-63(65)79-33-23-32-78-62)43-85-82-68-54(36-48(76-15)40-60(68)72(7,8)9)55-37-49(77-16)41-61(69(55)83-85)73(10,11)12/h17-22,24-31,34-41H,23,32-33,42-43H2,1-16H3. The SMILES string of the molecule is COc1cc(C(C)(C)C)c2op(Cc3c(-c4ccccc4)ccc4c3-c3c(ccc(-c5ccccc5)c3Cp3oc5c(C(C)(C)C)cc(OC)cc5c5cc(OC)cc(C(C)(C)C)c5o3)OCCCO4)oc3c(C(C)(C)C)cc(OC)cc3c2c1. The van der Waals surface area contributed by atoms with Gasteiger partial charge in [-0.05, 0) is 116 Å². The smallest absolute Gasteiger partial charge is 0.221 e. The predicted molar refractivity (Wildman–Crippen MR) is 350 cm³/mol. The number of hydrogen-bond donors (Lipinski definition) is 0. The highest BCUT2D eigenvalue weighted by Crippen LogP contribution is 2.55. The van der Waals surface area contributed by atoms with E-state index in [1.165, 1.54) is 0 Å². The molecule has 0 N–H and O–H groups in total. The van der Waals surface area contributed by atoms with Gasteiger partial charge in [-0.1, -0.05) is 156 Å². The maximum absolute atomic E-state index is 7.65. The normalized spacial score (nSPS) is 13.1. The van der Waals surface area contributed by atoms with Gasteiger partial charge >= 0.3 is 0 Å². The Labute approximate surface area is 502 Å². The molecule has 0 bridgehead atoms. The maximum atomic E-state index is 7.65. The minimum Gasteiger partial charge on any atom is -0.497 e. The zero-order valence-corrected chi connectivity index (χ0v) is 54.0. The summed E-state index contributed by atoms with van der Waals surface area (Å²) in [6, 6.07) is 46.6. The second-order valence-electron chi connectivity index (χ2n) is 26.3. The molecule has 11 rings (SSSR count). The van der Waals surface area contributed by atoms with Gasteiger partial charge in [-0.25, -0.2) is 0 Å². The Balaban J connectivity index is 1.30. The summed E-state index contributed by atoms with van der Waals surface area (Å²) in [5.41, 5.74) is 13.5. The van der Waals surface area contributed by atoms with Crippen molar-refractivity contribution < 1.29 is 45.2 Å². The van der Waals surface area contributed by atoms with Crippen molar-refractivity contribution in [1.29, 1.82) is 0 Å². The van der Waals surface area contributed by atoms with Crippen molar-refractivity contribution in [2.75, 3.05) is 41.7 Å². The molecule has 2 aromatic heterocycles. The lowest BCUT2D eigenvalue weighted by atomic mass is 9.84. The molecule has 1 aliphatic rings. The zero-order chi connectivity index (χ0) is 60.3. The first-order valence-corrected chi connectivity index (χ1v) is 32.1. The lowest BCUT2D eigenvalue weighted by Gasteiger charge is -2.24. The molecule has 0 amide bonds. The molecule has 10 nitrogen and oxygen atoms in total. The monoisotopic (exact) mass is 1180 g/mol. The van der Waals surface area contributed by atoms with Crippen molar-refractivity contribution >= 4 is 59.9 Å². The molecule has 0 fully saturated rings. The molecule has 0 saturated carbocycles. The Morgan fingerprint density at radius 2 is 0.647 bits per heavy atom. The van der Waals surface area contributed by atoms with E-state index in [-0.39, 0.29) is 21.7 Å². The number of rotatable bonds is 10. The van der Waals surface area contributed by atoms with E-state index in [1.54, 1.807) is 28.4 Å². The largest absolute Gasteiger partial charge is 0.497 e. The molecule has 442 valence electrons. The van der Waals surface area contributed by atoms with Crippen LogP contribution in [0.25, 0.3) is 77.3 Å². The fraction of sp³-hybridized carbons (Fsp3) is 0.342. The van der Waals surface area contributed by atoms with Crippen LogP contribution in [-0.2, 0) is 34.0 Å². The minimum atomic E-state index is -1.86. The molecular formula is C73H80O10P2. The molecule has 0 atom stereocenters. The first kappa shape index (κ1) is 59.1. The lowest BCUT2D eigenvalue weighted by Crippen LogP contribution is -2.12. The summed E-state index contributed by atoms with van der Waals surface area (Å²) in [7, 11) is 3.15. The van der Waals surface area contributed by atoms with Gasteiger partial charge in [0.1, 0.15) is 56.8 Å². The van der Waals surface area contributed by atoms with Crippen molar-refractivity contribution in [2.24, 2.45) is 0 Å². The van der Waals surface area contributed by atoms with Crippen molar-refractivity contribution in [1.82, 2.24) is 0 Å². The quantitative estimate of drug-likeness (QED) is 0.131. The summed E-state index contributed by atoms with van der Waals surface area (Å²) in [5, 5.41) is 3.51. The fourth-order valence-corrected chi connectivity index (χ4v) is 14.8.